The van der Waals surface area contributed by atoms with E-state index in [0.29, 0.717) is 26.2 Å². The lowest BCUT2D eigenvalue weighted by Gasteiger charge is -2.24. The molecule has 0 amide bonds. The second-order valence-electron chi connectivity index (χ2n) is 7.32. The number of likely N-dealkylation sites (tertiary alicyclic amines) is 1. The Morgan fingerprint density at radius 2 is 1.96 bits per heavy atom. The molecule has 2 aliphatic rings. The van der Waals surface area contributed by atoms with Gasteiger partial charge in [0.1, 0.15) is 5.75 Å². The number of hydrogen-bond donors (Lipinski definition) is 1. The molecule has 0 aliphatic carbocycles. The zero-order valence-electron chi connectivity index (χ0n) is 15.0. The van der Waals surface area contributed by atoms with Crippen molar-refractivity contribution >= 4 is 16.0 Å². The third kappa shape index (κ3) is 4.02. The van der Waals surface area contributed by atoms with Gasteiger partial charge in [0.2, 0.25) is 10.0 Å². The van der Waals surface area contributed by atoms with Crippen molar-refractivity contribution in [2.24, 2.45) is 11.3 Å². The molecule has 8 heteroatoms. The number of carboxylic acids is 1. The van der Waals surface area contributed by atoms with Crippen LogP contribution in [0.4, 0.5) is 0 Å². The lowest BCUT2D eigenvalue weighted by molar-refractivity contribution is -0.148. The van der Waals surface area contributed by atoms with Crippen molar-refractivity contribution in [2.45, 2.75) is 12.8 Å². The zero-order chi connectivity index (χ0) is 18.8. The third-order valence-electron chi connectivity index (χ3n) is 5.42. The van der Waals surface area contributed by atoms with Crippen LogP contribution in [0.15, 0.2) is 30.3 Å². The number of rotatable bonds is 8. The van der Waals surface area contributed by atoms with Gasteiger partial charge in [-0.25, -0.2) is 12.7 Å². The number of carboxylic acid groups (broad SMARTS) is 1. The van der Waals surface area contributed by atoms with Crippen molar-refractivity contribution in [1.82, 2.24) is 9.21 Å². The molecule has 2 heterocycles. The van der Waals surface area contributed by atoms with E-state index in [0.717, 1.165) is 31.4 Å². The van der Waals surface area contributed by atoms with Crippen molar-refractivity contribution in [1.29, 1.82) is 0 Å². The number of para-hydroxylation sites is 1. The summed E-state index contributed by atoms with van der Waals surface area (Å²) in [6.45, 7) is 2.88. The first-order chi connectivity index (χ1) is 12.3. The molecule has 0 spiro atoms. The summed E-state index contributed by atoms with van der Waals surface area (Å²) < 4.78 is 30.5. The predicted octanol–water partition coefficient (Wildman–Crippen LogP) is 1.12. The number of unbranched alkanes of at least 4 members (excludes halogenated alkanes) is 1. The van der Waals surface area contributed by atoms with Gasteiger partial charge in [0.25, 0.3) is 0 Å². The molecule has 2 saturated heterocycles. The molecule has 1 aromatic carbocycles. The van der Waals surface area contributed by atoms with Crippen molar-refractivity contribution in [2.75, 3.05) is 45.6 Å². The van der Waals surface area contributed by atoms with E-state index < -0.39 is 21.4 Å². The molecule has 0 saturated carbocycles. The van der Waals surface area contributed by atoms with Gasteiger partial charge in [-0.15, -0.1) is 0 Å². The molecule has 2 atom stereocenters. The molecule has 26 heavy (non-hydrogen) atoms. The first-order valence-electron chi connectivity index (χ1n) is 8.90. The van der Waals surface area contributed by atoms with Gasteiger partial charge in [-0.05, 0) is 31.5 Å². The van der Waals surface area contributed by atoms with Crippen LogP contribution in [0.3, 0.4) is 0 Å². The van der Waals surface area contributed by atoms with E-state index in [9.17, 15) is 18.3 Å². The number of nitrogens with zero attached hydrogens (tertiary/aromatic N) is 2. The second-order valence-corrected chi connectivity index (χ2v) is 9.30. The Kier molecular flexibility index (Phi) is 5.55. The van der Waals surface area contributed by atoms with Gasteiger partial charge < -0.3 is 14.7 Å². The van der Waals surface area contributed by atoms with Crippen LogP contribution in [0.25, 0.3) is 0 Å². The Morgan fingerprint density at radius 3 is 2.58 bits per heavy atom. The highest BCUT2D eigenvalue weighted by Crippen LogP contribution is 2.43. The summed E-state index contributed by atoms with van der Waals surface area (Å²) >= 11 is 0. The van der Waals surface area contributed by atoms with Crippen LogP contribution in [0, 0.1) is 11.3 Å². The fraction of sp³-hybridized carbons (Fsp3) is 0.611. The van der Waals surface area contributed by atoms with Gasteiger partial charge in [0.15, 0.2) is 0 Å². The standard InChI is InChI=1S/C18H26N2O5S/c1-26(23,24)20-12-15-11-19(13-18(15,14-20)17(21)22)9-5-6-10-25-16-7-3-2-4-8-16/h2-4,7-8,15H,5-6,9-14H2,1H3,(H,21,22)/t15-,18-/m1/s1. The Morgan fingerprint density at radius 1 is 1.23 bits per heavy atom. The van der Waals surface area contributed by atoms with E-state index in [4.69, 9.17) is 4.74 Å². The number of sulfonamides is 1. The fourth-order valence-electron chi connectivity index (χ4n) is 3.99. The number of hydrogen-bond acceptors (Lipinski definition) is 5. The van der Waals surface area contributed by atoms with E-state index in [1.54, 1.807) is 0 Å². The molecule has 2 fully saturated rings. The Balaban J connectivity index is 1.47. The Hall–Kier alpha value is -1.64. The summed E-state index contributed by atoms with van der Waals surface area (Å²) in [4.78, 5) is 14.0. The van der Waals surface area contributed by atoms with Crippen LogP contribution in [0.5, 0.6) is 5.75 Å². The van der Waals surface area contributed by atoms with E-state index in [1.165, 1.54) is 4.31 Å². The molecule has 0 unspecified atom stereocenters. The molecule has 7 nitrogen and oxygen atoms in total. The lowest BCUT2D eigenvalue weighted by Crippen LogP contribution is -2.42. The number of aliphatic carboxylic acids is 1. The highest BCUT2D eigenvalue weighted by atomic mass is 32.2. The number of fused-ring (bicyclic) bond motifs is 1. The molecule has 0 bridgehead atoms. The quantitative estimate of drug-likeness (QED) is 0.678. The summed E-state index contributed by atoms with van der Waals surface area (Å²) in [6.07, 6.45) is 2.96. The summed E-state index contributed by atoms with van der Waals surface area (Å²) in [6, 6.07) is 9.66. The minimum Gasteiger partial charge on any atom is -0.494 e. The summed E-state index contributed by atoms with van der Waals surface area (Å²) in [5.74, 6) is -0.173. The molecule has 0 radical (unpaired) electrons. The van der Waals surface area contributed by atoms with E-state index in [1.807, 2.05) is 30.3 Å². The van der Waals surface area contributed by atoms with Crippen LogP contribution in [0.2, 0.25) is 0 Å². The van der Waals surface area contributed by atoms with Crippen molar-refractivity contribution < 1.29 is 23.1 Å². The molecular weight excluding hydrogens is 356 g/mol. The normalized spacial score (nSPS) is 26.7. The fourth-order valence-corrected chi connectivity index (χ4v) is 4.91. The first kappa shape index (κ1) is 19.1. The largest absolute Gasteiger partial charge is 0.494 e. The summed E-state index contributed by atoms with van der Waals surface area (Å²) in [5.41, 5.74) is -0.969. The van der Waals surface area contributed by atoms with Gasteiger partial charge in [0.05, 0.1) is 18.3 Å². The van der Waals surface area contributed by atoms with Crippen molar-refractivity contribution in [3.63, 3.8) is 0 Å². The van der Waals surface area contributed by atoms with Gasteiger partial charge in [-0.2, -0.15) is 0 Å². The maximum atomic E-state index is 11.9. The van der Waals surface area contributed by atoms with E-state index in [2.05, 4.69) is 4.90 Å². The van der Waals surface area contributed by atoms with Crippen molar-refractivity contribution in [3.8, 4) is 5.75 Å². The third-order valence-corrected chi connectivity index (χ3v) is 6.64. The minimum absolute atomic E-state index is 0.0828. The van der Waals surface area contributed by atoms with Crippen LogP contribution in [0.1, 0.15) is 12.8 Å². The van der Waals surface area contributed by atoms with Crippen LogP contribution in [-0.2, 0) is 14.8 Å². The highest BCUT2D eigenvalue weighted by molar-refractivity contribution is 7.88. The summed E-state index contributed by atoms with van der Waals surface area (Å²) in [7, 11) is -3.35. The molecule has 144 valence electrons. The topological polar surface area (TPSA) is 87.2 Å². The Bertz CT molecular complexity index is 739. The molecule has 1 aromatic rings. The van der Waals surface area contributed by atoms with Gasteiger partial charge >= 0.3 is 5.97 Å². The molecule has 2 aliphatic heterocycles. The predicted molar refractivity (Wildman–Crippen MR) is 97.6 cm³/mol. The molecular formula is C18H26N2O5S. The summed E-state index contributed by atoms with van der Waals surface area (Å²) in [5, 5.41) is 9.74. The average Bonchev–Trinajstić information content (AvgIpc) is 3.10. The molecule has 0 aromatic heterocycles. The molecule has 3 rings (SSSR count). The SMILES string of the molecule is CS(=O)(=O)N1C[C@H]2CN(CCCCOc3ccccc3)C[C@@]2(C(=O)O)C1. The second kappa shape index (κ2) is 7.54. The maximum absolute atomic E-state index is 11.9. The monoisotopic (exact) mass is 382 g/mol. The van der Waals surface area contributed by atoms with Crippen LogP contribution in [-0.4, -0.2) is 74.3 Å². The highest BCUT2D eigenvalue weighted by Gasteiger charge is 2.58. The maximum Gasteiger partial charge on any atom is 0.312 e. The number of ether oxygens (including phenoxy) is 1. The van der Waals surface area contributed by atoms with E-state index >= 15 is 0 Å². The number of carbonyl (C=O) groups is 1. The molecule has 1 N–H and O–H groups in total. The Labute approximate surface area is 154 Å². The minimum atomic E-state index is -3.35. The number of benzene rings is 1. The lowest BCUT2D eigenvalue weighted by atomic mass is 9.81. The van der Waals surface area contributed by atoms with Crippen LogP contribution < -0.4 is 4.74 Å². The first-order valence-corrected chi connectivity index (χ1v) is 10.7. The van der Waals surface area contributed by atoms with Crippen LogP contribution >= 0.6 is 0 Å². The average molecular weight is 382 g/mol. The van der Waals surface area contributed by atoms with Gasteiger partial charge in [-0.3, -0.25) is 4.79 Å². The van der Waals surface area contributed by atoms with Gasteiger partial charge in [0, 0.05) is 32.1 Å². The zero-order valence-corrected chi connectivity index (χ0v) is 15.8. The van der Waals surface area contributed by atoms with E-state index in [-0.39, 0.29) is 12.5 Å². The smallest absolute Gasteiger partial charge is 0.312 e. The van der Waals surface area contributed by atoms with Gasteiger partial charge in [-0.1, -0.05) is 18.2 Å². The van der Waals surface area contributed by atoms with Crippen molar-refractivity contribution in [3.05, 3.63) is 30.3 Å².